The zero-order valence-electron chi connectivity index (χ0n) is 26.6. The van der Waals surface area contributed by atoms with E-state index in [4.69, 9.17) is 21.1 Å². The van der Waals surface area contributed by atoms with Crippen molar-refractivity contribution in [2.75, 3.05) is 49.6 Å². The number of fused-ring (bicyclic) bond motifs is 1. The van der Waals surface area contributed by atoms with E-state index in [9.17, 15) is 27.6 Å². The molecule has 2 aliphatic rings. The Morgan fingerprint density at radius 1 is 1.15 bits per heavy atom. The van der Waals surface area contributed by atoms with Crippen LogP contribution in [0.5, 0.6) is 0 Å². The van der Waals surface area contributed by atoms with Crippen molar-refractivity contribution in [3.8, 4) is 11.8 Å². The molecule has 0 unspecified atom stereocenters. The second-order valence-corrected chi connectivity index (χ2v) is 13.1. The number of nitrogens with zero attached hydrogens (tertiary/aromatic N) is 6. The van der Waals surface area contributed by atoms with Crippen molar-refractivity contribution in [1.82, 2.24) is 24.1 Å². The lowest BCUT2D eigenvalue weighted by atomic mass is 9.90. The lowest BCUT2D eigenvalue weighted by Crippen LogP contribution is -2.51. The average molecular weight is 678 g/mol. The van der Waals surface area contributed by atoms with Gasteiger partial charge >= 0.3 is 12.3 Å². The van der Waals surface area contributed by atoms with Crippen LogP contribution in [-0.4, -0.2) is 81.1 Å². The Morgan fingerprint density at radius 3 is 2.38 bits per heavy atom. The number of halogens is 4. The van der Waals surface area contributed by atoms with E-state index in [-0.39, 0.29) is 53.0 Å². The number of hydrogen-bond acceptors (Lipinski definition) is 8. The van der Waals surface area contributed by atoms with Gasteiger partial charge < -0.3 is 29.2 Å². The minimum absolute atomic E-state index is 0.0118. The van der Waals surface area contributed by atoms with Gasteiger partial charge in [-0.25, -0.2) is 4.79 Å². The maximum absolute atomic E-state index is 14.0. The van der Waals surface area contributed by atoms with Crippen LogP contribution in [0.3, 0.4) is 0 Å². The third-order valence-electron chi connectivity index (χ3n) is 7.60. The molecule has 0 atom stereocenters. The van der Waals surface area contributed by atoms with Crippen molar-refractivity contribution < 1.29 is 32.2 Å². The minimum atomic E-state index is -4.60. The van der Waals surface area contributed by atoms with Gasteiger partial charge in [-0.15, -0.1) is 5.10 Å². The molecule has 2 aromatic heterocycles. The van der Waals surface area contributed by atoms with Gasteiger partial charge in [-0.3, -0.25) is 9.59 Å². The summed E-state index contributed by atoms with van der Waals surface area (Å²) in [6.45, 7) is 10.8. The number of ether oxygens (including phenoxy) is 2. The number of carbonyl (C=O) groups excluding carboxylic acids is 2. The zero-order chi connectivity index (χ0) is 34.3. The number of anilines is 2. The van der Waals surface area contributed by atoms with Gasteiger partial charge in [-0.05, 0) is 58.2 Å². The molecule has 12 nitrogen and oxygen atoms in total. The summed E-state index contributed by atoms with van der Waals surface area (Å²) in [6, 6.07) is 2.64. The predicted molar refractivity (Wildman–Crippen MR) is 168 cm³/mol. The third kappa shape index (κ3) is 7.49. The number of benzene rings is 1. The van der Waals surface area contributed by atoms with Gasteiger partial charge in [-0.1, -0.05) is 24.4 Å². The number of aromatic nitrogens is 4. The van der Waals surface area contributed by atoms with Crippen molar-refractivity contribution in [3.05, 3.63) is 50.7 Å². The van der Waals surface area contributed by atoms with Crippen molar-refractivity contribution in [2.24, 2.45) is 5.41 Å². The van der Waals surface area contributed by atoms with Crippen molar-refractivity contribution in [2.45, 2.75) is 59.4 Å². The lowest BCUT2D eigenvalue weighted by molar-refractivity contribution is -0.137. The molecule has 0 bridgehead atoms. The number of rotatable bonds is 5. The Labute approximate surface area is 273 Å². The lowest BCUT2D eigenvalue weighted by Gasteiger charge is -2.37. The quantitative estimate of drug-likeness (QED) is 0.399. The molecule has 2 saturated heterocycles. The number of nitrogens with one attached hydrogen (secondary N) is 1. The third-order valence-corrected chi connectivity index (χ3v) is 7.91. The highest BCUT2D eigenvalue weighted by atomic mass is 35.5. The maximum Gasteiger partial charge on any atom is 0.416 e. The molecule has 252 valence electrons. The second-order valence-electron chi connectivity index (χ2n) is 12.7. The van der Waals surface area contributed by atoms with E-state index in [0.29, 0.717) is 38.4 Å². The summed E-state index contributed by atoms with van der Waals surface area (Å²) < 4.78 is 52.8. The fourth-order valence-corrected chi connectivity index (χ4v) is 5.46. The normalized spacial score (nSPS) is 16.4. The topological polar surface area (TPSA) is 123 Å². The van der Waals surface area contributed by atoms with Gasteiger partial charge in [0.05, 0.1) is 40.6 Å². The van der Waals surface area contributed by atoms with Crippen LogP contribution in [0.2, 0.25) is 5.02 Å². The van der Waals surface area contributed by atoms with E-state index < -0.39 is 34.9 Å². The highest BCUT2D eigenvalue weighted by Crippen LogP contribution is 2.34. The Bertz CT molecular complexity index is 1830. The Balaban J connectivity index is 1.51. The summed E-state index contributed by atoms with van der Waals surface area (Å²) in [7, 11) is 0. The number of alkyl halides is 3. The van der Waals surface area contributed by atoms with Gasteiger partial charge in [0.15, 0.2) is 0 Å². The van der Waals surface area contributed by atoms with Crippen LogP contribution >= 0.6 is 11.6 Å². The molecule has 0 aliphatic carbocycles. The van der Waals surface area contributed by atoms with Crippen molar-refractivity contribution in [3.63, 3.8) is 0 Å². The van der Waals surface area contributed by atoms with Crippen molar-refractivity contribution >= 4 is 40.8 Å². The predicted octanol–water partition coefficient (Wildman–Crippen LogP) is 4.21. The fraction of sp³-hybridized carbons (Fsp3) is 0.516. The maximum atomic E-state index is 14.0. The summed E-state index contributed by atoms with van der Waals surface area (Å²) in [5.41, 5.74) is -1.70. The molecule has 2 amide bonds. The molecule has 0 saturated carbocycles. The smallest absolute Gasteiger partial charge is 0.416 e. The number of hydrogen-bond donors (Lipinski definition) is 1. The number of amides is 2. The highest BCUT2D eigenvalue weighted by Gasteiger charge is 2.33. The first-order valence-corrected chi connectivity index (χ1v) is 15.4. The van der Waals surface area contributed by atoms with E-state index in [1.165, 1.54) is 4.57 Å². The number of piperazine rings is 1. The largest absolute Gasteiger partial charge is 0.444 e. The van der Waals surface area contributed by atoms with E-state index in [1.54, 1.807) is 25.7 Å². The van der Waals surface area contributed by atoms with Crippen LogP contribution in [0.4, 0.5) is 29.3 Å². The molecule has 3 aromatic rings. The molecule has 2 aliphatic heterocycles. The summed E-state index contributed by atoms with van der Waals surface area (Å²) >= 11 is 6.09. The van der Waals surface area contributed by atoms with E-state index in [0.717, 1.165) is 22.7 Å². The van der Waals surface area contributed by atoms with Crippen molar-refractivity contribution in [1.29, 1.82) is 0 Å². The first-order chi connectivity index (χ1) is 22.0. The van der Waals surface area contributed by atoms with Gasteiger partial charge in [-0.2, -0.15) is 22.7 Å². The second kappa shape index (κ2) is 12.7. The summed E-state index contributed by atoms with van der Waals surface area (Å²) in [6.07, 6.45) is -4.75. The fourth-order valence-electron chi connectivity index (χ4n) is 5.23. The van der Waals surface area contributed by atoms with Gasteiger partial charge in [0.2, 0.25) is 17.5 Å². The Kier molecular flexibility index (Phi) is 9.22. The molecule has 1 N–H and O–H groups in total. The molecular formula is C31H35ClF3N7O5. The Hall–Kier alpha value is -4.29. The van der Waals surface area contributed by atoms with Crippen LogP contribution < -0.4 is 15.8 Å². The molecule has 2 fully saturated rings. The SMILES string of the molecule is CCc1c(N2CCN(C(=O)OC(C)(C)C)CC2)c(=O)n2nc(C#CC3(C)COC3)nc2n1CC(=O)Nc1ccc(C(F)(F)F)cc1Cl. The van der Waals surface area contributed by atoms with E-state index >= 15 is 0 Å². The first kappa shape index (κ1) is 34.1. The van der Waals surface area contributed by atoms with Gasteiger partial charge in [0.1, 0.15) is 17.8 Å². The first-order valence-electron chi connectivity index (χ1n) is 15.0. The van der Waals surface area contributed by atoms with Crippen LogP contribution in [0.15, 0.2) is 23.0 Å². The van der Waals surface area contributed by atoms with Crippen LogP contribution in [0, 0.1) is 17.3 Å². The summed E-state index contributed by atoms with van der Waals surface area (Å²) in [4.78, 5) is 47.9. The molecule has 1 aromatic carbocycles. The molecule has 16 heteroatoms. The standard InChI is InChI=1S/C31H35ClF3N7O5/c1-6-22-25(39-11-13-40(14-12-39)28(45)47-29(2,3)4)26(44)42-27(37-23(38-42)9-10-30(5)17-46-18-30)41(22)16-24(43)36-21-8-7-19(15-20(21)32)31(33,34)35/h7-8,15H,6,11-14,16-18H2,1-5H3,(H,36,43). The average Bonchev–Trinajstić information content (AvgIpc) is 3.41. The Morgan fingerprint density at radius 2 is 1.83 bits per heavy atom. The van der Waals surface area contributed by atoms with Gasteiger partial charge in [0, 0.05) is 26.2 Å². The molecular weight excluding hydrogens is 643 g/mol. The monoisotopic (exact) mass is 677 g/mol. The highest BCUT2D eigenvalue weighted by molar-refractivity contribution is 6.33. The van der Waals surface area contributed by atoms with E-state index in [2.05, 4.69) is 27.2 Å². The summed E-state index contributed by atoms with van der Waals surface area (Å²) in [5, 5.41) is 6.65. The zero-order valence-corrected chi connectivity index (χ0v) is 27.4. The summed E-state index contributed by atoms with van der Waals surface area (Å²) in [5.74, 6) is 5.52. The number of carbonyl (C=O) groups is 2. The van der Waals surface area contributed by atoms with Gasteiger partial charge in [0.25, 0.3) is 5.56 Å². The van der Waals surface area contributed by atoms with E-state index in [1.807, 2.05) is 18.7 Å². The van der Waals surface area contributed by atoms with Crippen LogP contribution in [-0.2, 0) is 33.4 Å². The van der Waals surface area contributed by atoms with Crippen LogP contribution in [0.1, 0.15) is 51.7 Å². The molecule has 0 radical (unpaired) electrons. The molecule has 4 heterocycles. The molecule has 47 heavy (non-hydrogen) atoms. The molecule has 5 rings (SSSR count). The minimum Gasteiger partial charge on any atom is -0.444 e. The van der Waals surface area contributed by atoms with Crippen LogP contribution in [0.25, 0.3) is 5.78 Å². The molecule has 0 spiro atoms.